The first kappa shape index (κ1) is 21.7. The number of hydrogen-bond donors (Lipinski definition) is 3. The van der Waals surface area contributed by atoms with E-state index in [1.54, 1.807) is 30.5 Å². The molecule has 0 radical (unpaired) electrons. The van der Waals surface area contributed by atoms with Gasteiger partial charge in [-0.3, -0.25) is 14.6 Å². The molecule has 1 aliphatic heterocycles. The Labute approximate surface area is 176 Å². The number of carbonyl (C=O) groups is 2. The standard InChI is InChI=1S/C23H27N3O4/c27-16-21-20(26-23(29)14-18-8-4-5-12-24-18)10-9-19(30-21)15-22(28)25-13-11-17-6-2-1-3-7-17/h1-10,12,19-21,27H,11,13-16H2,(H,25,28)(H,26,29)/t19-,20+,21+/m0/s1. The Morgan fingerprint density at radius 3 is 2.57 bits per heavy atom. The summed E-state index contributed by atoms with van der Waals surface area (Å²) >= 11 is 0. The minimum atomic E-state index is -0.607. The van der Waals surface area contributed by atoms with E-state index >= 15 is 0 Å². The highest BCUT2D eigenvalue weighted by atomic mass is 16.5. The lowest BCUT2D eigenvalue weighted by Gasteiger charge is -2.31. The van der Waals surface area contributed by atoms with Gasteiger partial charge in [-0.25, -0.2) is 0 Å². The van der Waals surface area contributed by atoms with Crippen molar-refractivity contribution < 1.29 is 19.4 Å². The van der Waals surface area contributed by atoms with Crippen LogP contribution in [0.3, 0.4) is 0 Å². The molecule has 158 valence electrons. The maximum Gasteiger partial charge on any atom is 0.226 e. The van der Waals surface area contributed by atoms with Gasteiger partial charge >= 0.3 is 0 Å². The summed E-state index contributed by atoms with van der Waals surface area (Å²) in [6.45, 7) is 0.292. The first-order valence-corrected chi connectivity index (χ1v) is 10.1. The Morgan fingerprint density at radius 2 is 1.83 bits per heavy atom. The van der Waals surface area contributed by atoms with Gasteiger partial charge in [0, 0.05) is 18.4 Å². The Kier molecular flexibility index (Phi) is 8.11. The van der Waals surface area contributed by atoms with Crippen LogP contribution in [0, 0.1) is 0 Å². The Bertz CT molecular complexity index is 842. The molecular weight excluding hydrogens is 382 g/mol. The van der Waals surface area contributed by atoms with Gasteiger partial charge in [0.15, 0.2) is 0 Å². The van der Waals surface area contributed by atoms with Crippen molar-refractivity contribution in [3.05, 3.63) is 78.1 Å². The predicted molar refractivity (Wildman–Crippen MR) is 113 cm³/mol. The monoisotopic (exact) mass is 409 g/mol. The summed E-state index contributed by atoms with van der Waals surface area (Å²) in [4.78, 5) is 28.6. The van der Waals surface area contributed by atoms with Gasteiger partial charge in [-0.2, -0.15) is 0 Å². The van der Waals surface area contributed by atoms with E-state index in [4.69, 9.17) is 4.74 Å². The molecule has 3 N–H and O–H groups in total. The number of aromatic nitrogens is 1. The van der Waals surface area contributed by atoms with E-state index in [-0.39, 0.29) is 31.3 Å². The molecule has 0 spiro atoms. The van der Waals surface area contributed by atoms with E-state index in [1.807, 2.05) is 36.4 Å². The lowest BCUT2D eigenvalue weighted by atomic mass is 10.0. The molecule has 2 heterocycles. The molecule has 7 nitrogen and oxygen atoms in total. The summed E-state index contributed by atoms with van der Waals surface area (Å²) in [6, 6.07) is 14.9. The van der Waals surface area contributed by atoms with Crippen LogP contribution in [0.5, 0.6) is 0 Å². The molecule has 0 saturated carbocycles. The maximum absolute atomic E-state index is 12.3. The second-order valence-corrected chi connectivity index (χ2v) is 7.16. The number of pyridine rings is 1. The molecular formula is C23H27N3O4. The average Bonchev–Trinajstić information content (AvgIpc) is 2.76. The van der Waals surface area contributed by atoms with Crippen LogP contribution in [0.1, 0.15) is 17.7 Å². The van der Waals surface area contributed by atoms with Crippen molar-refractivity contribution >= 4 is 11.8 Å². The third-order valence-electron chi connectivity index (χ3n) is 4.82. The van der Waals surface area contributed by atoms with Crippen LogP contribution in [0.25, 0.3) is 0 Å². The summed E-state index contributed by atoms with van der Waals surface area (Å²) in [5, 5.41) is 15.4. The lowest BCUT2D eigenvalue weighted by Crippen LogP contribution is -2.49. The molecule has 2 aromatic rings. The van der Waals surface area contributed by atoms with Crippen LogP contribution in [0.15, 0.2) is 66.9 Å². The summed E-state index contributed by atoms with van der Waals surface area (Å²) < 4.78 is 5.81. The fourth-order valence-electron chi connectivity index (χ4n) is 3.29. The van der Waals surface area contributed by atoms with Crippen LogP contribution in [-0.2, 0) is 27.2 Å². The van der Waals surface area contributed by atoms with Gasteiger partial charge in [-0.1, -0.05) is 48.6 Å². The molecule has 1 aliphatic rings. The second kappa shape index (κ2) is 11.2. The van der Waals surface area contributed by atoms with Crippen molar-refractivity contribution in [2.45, 2.75) is 37.5 Å². The minimum absolute atomic E-state index is 0.116. The Balaban J connectivity index is 1.44. The molecule has 7 heteroatoms. The SMILES string of the molecule is O=C(C[C@@H]1C=C[C@@H](NC(=O)Cc2ccccn2)[C@@H](CO)O1)NCCc1ccccc1. The number of nitrogens with zero attached hydrogens (tertiary/aromatic N) is 1. The molecule has 1 aromatic heterocycles. The molecule has 2 amide bonds. The summed E-state index contributed by atoms with van der Waals surface area (Å²) in [5.74, 6) is -0.322. The summed E-state index contributed by atoms with van der Waals surface area (Å²) in [5.41, 5.74) is 1.83. The zero-order chi connectivity index (χ0) is 21.2. The zero-order valence-electron chi connectivity index (χ0n) is 16.7. The van der Waals surface area contributed by atoms with E-state index in [0.29, 0.717) is 12.2 Å². The predicted octanol–water partition coefficient (Wildman–Crippen LogP) is 1.17. The lowest BCUT2D eigenvalue weighted by molar-refractivity contribution is -0.128. The number of nitrogens with one attached hydrogen (secondary N) is 2. The zero-order valence-corrected chi connectivity index (χ0v) is 16.7. The second-order valence-electron chi connectivity index (χ2n) is 7.16. The van der Waals surface area contributed by atoms with Gasteiger partial charge in [0.1, 0.15) is 6.10 Å². The van der Waals surface area contributed by atoms with Gasteiger partial charge in [0.05, 0.1) is 31.6 Å². The smallest absolute Gasteiger partial charge is 0.226 e. The average molecular weight is 409 g/mol. The summed E-state index contributed by atoms with van der Waals surface area (Å²) in [7, 11) is 0. The highest BCUT2D eigenvalue weighted by Crippen LogP contribution is 2.16. The molecule has 1 aromatic carbocycles. The number of aliphatic hydroxyl groups is 1. The molecule has 0 aliphatic carbocycles. The van der Waals surface area contributed by atoms with E-state index in [0.717, 1.165) is 12.0 Å². The van der Waals surface area contributed by atoms with Gasteiger partial charge in [-0.15, -0.1) is 0 Å². The summed E-state index contributed by atoms with van der Waals surface area (Å²) in [6.07, 6.45) is 5.20. The van der Waals surface area contributed by atoms with Crippen LogP contribution in [-0.4, -0.2) is 53.3 Å². The third-order valence-corrected chi connectivity index (χ3v) is 4.82. The van der Waals surface area contributed by atoms with Gasteiger partial charge in [0.25, 0.3) is 0 Å². The fourth-order valence-corrected chi connectivity index (χ4v) is 3.29. The topological polar surface area (TPSA) is 101 Å². The number of ether oxygens (including phenoxy) is 1. The van der Waals surface area contributed by atoms with Crippen LogP contribution < -0.4 is 10.6 Å². The molecule has 0 unspecified atom stereocenters. The van der Waals surface area contributed by atoms with Gasteiger partial charge < -0.3 is 20.5 Å². The first-order valence-electron chi connectivity index (χ1n) is 10.1. The fraction of sp³-hybridized carbons (Fsp3) is 0.348. The van der Waals surface area contributed by atoms with Gasteiger partial charge in [0.2, 0.25) is 11.8 Å². The van der Waals surface area contributed by atoms with E-state index in [2.05, 4.69) is 15.6 Å². The molecule has 0 fully saturated rings. The molecule has 0 bridgehead atoms. The minimum Gasteiger partial charge on any atom is -0.394 e. The van der Waals surface area contributed by atoms with Crippen molar-refractivity contribution in [2.24, 2.45) is 0 Å². The van der Waals surface area contributed by atoms with Crippen LogP contribution in [0.2, 0.25) is 0 Å². The van der Waals surface area contributed by atoms with Crippen molar-refractivity contribution in [3.8, 4) is 0 Å². The number of benzene rings is 1. The van der Waals surface area contributed by atoms with E-state index < -0.39 is 18.2 Å². The number of rotatable bonds is 9. The molecule has 0 saturated heterocycles. The number of hydrogen-bond acceptors (Lipinski definition) is 5. The first-order chi connectivity index (χ1) is 14.6. The largest absolute Gasteiger partial charge is 0.394 e. The third kappa shape index (κ3) is 6.79. The Morgan fingerprint density at radius 1 is 1.03 bits per heavy atom. The maximum atomic E-state index is 12.3. The quantitative estimate of drug-likeness (QED) is 0.540. The molecule has 30 heavy (non-hydrogen) atoms. The van der Waals surface area contributed by atoms with Crippen molar-refractivity contribution in [2.75, 3.05) is 13.2 Å². The Hall–Kier alpha value is -3.03. The number of aliphatic hydroxyl groups excluding tert-OH is 1. The van der Waals surface area contributed by atoms with E-state index in [1.165, 1.54) is 0 Å². The number of carbonyl (C=O) groups excluding carboxylic acids is 2. The van der Waals surface area contributed by atoms with Crippen LogP contribution >= 0.6 is 0 Å². The molecule has 3 rings (SSSR count). The number of amides is 2. The normalized spacial score (nSPS) is 20.5. The van der Waals surface area contributed by atoms with Crippen molar-refractivity contribution in [1.82, 2.24) is 15.6 Å². The highest BCUT2D eigenvalue weighted by molar-refractivity contribution is 5.79. The highest BCUT2D eigenvalue weighted by Gasteiger charge is 2.29. The van der Waals surface area contributed by atoms with E-state index in [9.17, 15) is 14.7 Å². The van der Waals surface area contributed by atoms with Gasteiger partial charge in [-0.05, 0) is 24.1 Å². The van der Waals surface area contributed by atoms with Crippen LogP contribution in [0.4, 0.5) is 0 Å². The molecule has 3 atom stereocenters. The van der Waals surface area contributed by atoms with Crippen molar-refractivity contribution in [3.63, 3.8) is 0 Å². The van der Waals surface area contributed by atoms with Crippen molar-refractivity contribution in [1.29, 1.82) is 0 Å².